The molecule has 0 aliphatic carbocycles. The van der Waals surface area contributed by atoms with Crippen molar-refractivity contribution in [2.24, 2.45) is 0 Å². The molecule has 22 heavy (non-hydrogen) atoms. The highest BCUT2D eigenvalue weighted by Gasteiger charge is 2.08. The fourth-order valence-electron chi connectivity index (χ4n) is 1.91. The van der Waals surface area contributed by atoms with Crippen molar-refractivity contribution in [2.75, 3.05) is 11.9 Å². The van der Waals surface area contributed by atoms with Gasteiger partial charge in [0.1, 0.15) is 5.69 Å². The molecule has 0 aliphatic heterocycles. The van der Waals surface area contributed by atoms with E-state index in [1.807, 2.05) is 18.2 Å². The monoisotopic (exact) mass is 299 g/mol. The van der Waals surface area contributed by atoms with Crippen LogP contribution < -0.4 is 10.6 Å². The maximum Gasteiger partial charge on any atom is 0.270 e. The van der Waals surface area contributed by atoms with Crippen molar-refractivity contribution < 1.29 is 4.79 Å². The molecule has 2 aromatic heterocycles. The summed E-state index contributed by atoms with van der Waals surface area (Å²) in [5.74, 6) is 0.256. The highest BCUT2D eigenvalue weighted by Crippen LogP contribution is 2.03. The molecule has 116 valence electrons. The van der Waals surface area contributed by atoms with Crippen molar-refractivity contribution in [3.8, 4) is 0 Å². The smallest absolute Gasteiger partial charge is 0.270 e. The number of unbranched alkanes of at least 4 members (excludes halogenated alkanes) is 2. The van der Waals surface area contributed by atoms with Gasteiger partial charge in [0.25, 0.3) is 5.91 Å². The van der Waals surface area contributed by atoms with Gasteiger partial charge in [0.15, 0.2) is 0 Å². The normalized spacial score (nSPS) is 10.2. The summed E-state index contributed by atoms with van der Waals surface area (Å²) >= 11 is 0. The van der Waals surface area contributed by atoms with E-state index in [1.165, 1.54) is 0 Å². The van der Waals surface area contributed by atoms with Crippen LogP contribution in [0.4, 0.5) is 5.95 Å². The Morgan fingerprint density at radius 1 is 1.14 bits per heavy atom. The average Bonchev–Trinajstić information content (AvgIpc) is 2.58. The largest absolute Gasteiger partial charge is 0.351 e. The topological polar surface area (TPSA) is 79.8 Å². The molecule has 0 spiro atoms. The van der Waals surface area contributed by atoms with Crippen LogP contribution in [-0.2, 0) is 6.54 Å². The summed E-state index contributed by atoms with van der Waals surface area (Å²) in [7, 11) is 0. The molecular formula is C16H21N5O. The molecule has 0 atom stereocenters. The minimum absolute atomic E-state index is 0.167. The Morgan fingerprint density at radius 2 is 2.05 bits per heavy atom. The standard InChI is InChI=1S/C16H21N5O/c1-2-3-5-10-18-15(22)14-8-11-19-16(21-14)20-12-13-7-4-6-9-17-13/h4,6-9,11H,2-3,5,10,12H2,1H3,(H,18,22)(H,19,20,21). The van der Waals surface area contributed by atoms with Crippen LogP contribution in [-0.4, -0.2) is 27.4 Å². The molecule has 2 aromatic rings. The summed E-state index contributed by atoms with van der Waals surface area (Å²) in [6.07, 6.45) is 6.54. The number of pyridine rings is 1. The molecule has 0 radical (unpaired) electrons. The first-order chi connectivity index (χ1) is 10.8. The van der Waals surface area contributed by atoms with E-state index in [0.29, 0.717) is 24.7 Å². The Bertz CT molecular complexity index is 588. The number of hydrogen-bond acceptors (Lipinski definition) is 5. The zero-order valence-electron chi connectivity index (χ0n) is 12.7. The summed E-state index contributed by atoms with van der Waals surface area (Å²) in [5.41, 5.74) is 1.26. The lowest BCUT2D eigenvalue weighted by molar-refractivity contribution is 0.0948. The van der Waals surface area contributed by atoms with Crippen LogP contribution in [0.1, 0.15) is 42.4 Å². The Kier molecular flexibility index (Phi) is 6.29. The number of anilines is 1. The second kappa shape index (κ2) is 8.71. The van der Waals surface area contributed by atoms with Crippen LogP contribution in [0, 0.1) is 0 Å². The molecule has 0 saturated carbocycles. The van der Waals surface area contributed by atoms with Crippen molar-refractivity contribution in [2.45, 2.75) is 32.7 Å². The van der Waals surface area contributed by atoms with E-state index in [0.717, 1.165) is 25.0 Å². The summed E-state index contributed by atoms with van der Waals surface area (Å²) in [6.45, 7) is 3.32. The number of carbonyl (C=O) groups excluding carboxylic acids is 1. The SMILES string of the molecule is CCCCCNC(=O)c1ccnc(NCc2ccccn2)n1. The van der Waals surface area contributed by atoms with Gasteiger partial charge in [-0.25, -0.2) is 9.97 Å². The predicted molar refractivity (Wildman–Crippen MR) is 85.5 cm³/mol. The fourth-order valence-corrected chi connectivity index (χ4v) is 1.91. The minimum atomic E-state index is -0.167. The van der Waals surface area contributed by atoms with Crippen LogP contribution in [0.15, 0.2) is 36.7 Å². The van der Waals surface area contributed by atoms with E-state index in [4.69, 9.17) is 0 Å². The molecule has 0 unspecified atom stereocenters. The molecular weight excluding hydrogens is 278 g/mol. The van der Waals surface area contributed by atoms with Crippen molar-refractivity contribution >= 4 is 11.9 Å². The molecule has 0 bridgehead atoms. The van der Waals surface area contributed by atoms with Crippen LogP contribution >= 0.6 is 0 Å². The number of nitrogens with one attached hydrogen (secondary N) is 2. The van der Waals surface area contributed by atoms with Gasteiger partial charge < -0.3 is 10.6 Å². The van der Waals surface area contributed by atoms with Gasteiger partial charge in [-0.2, -0.15) is 0 Å². The molecule has 2 heterocycles. The third-order valence-corrected chi connectivity index (χ3v) is 3.11. The number of carbonyl (C=O) groups is 1. The van der Waals surface area contributed by atoms with E-state index in [-0.39, 0.29) is 5.91 Å². The third kappa shape index (κ3) is 5.12. The highest BCUT2D eigenvalue weighted by molar-refractivity contribution is 5.92. The molecule has 0 aliphatic rings. The molecule has 6 nitrogen and oxygen atoms in total. The number of rotatable bonds is 8. The summed E-state index contributed by atoms with van der Waals surface area (Å²) in [6, 6.07) is 7.31. The van der Waals surface area contributed by atoms with E-state index in [9.17, 15) is 4.79 Å². The Morgan fingerprint density at radius 3 is 2.82 bits per heavy atom. The van der Waals surface area contributed by atoms with Gasteiger partial charge in [-0.1, -0.05) is 25.8 Å². The zero-order chi connectivity index (χ0) is 15.6. The summed E-state index contributed by atoms with van der Waals surface area (Å²) in [5, 5.41) is 5.93. The number of aromatic nitrogens is 3. The lowest BCUT2D eigenvalue weighted by Gasteiger charge is -2.07. The van der Waals surface area contributed by atoms with Gasteiger partial charge in [-0.05, 0) is 24.6 Å². The Balaban J connectivity index is 1.87. The van der Waals surface area contributed by atoms with Crippen LogP contribution in [0.5, 0.6) is 0 Å². The van der Waals surface area contributed by atoms with Crippen LogP contribution in [0.25, 0.3) is 0 Å². The van der Waals surface area contributed by atoms with Gasteiger partial charge in [0.05, 0.1) is 12.2 Å². The average molecular weight is 299 g/mol. The molecule has 2 rings (SSSR count). The first-order valence-electron chi connectivity index (χ1n) is 7.54. The second-order valence-electron chi connectivity index (χ2n) is 4.90. The van der Waals surface area contributed by atoms with Crippen molar-refractivity contribution in [3.05, 3.63) is 48.0 Å². The van der Waals surface area contributed by atoms with Gasteiger partial charge in [-0.15, -0.1) is 0 Å². The maximum atomic E-state index is 12.0. The third-order valence-electron chi connectivity index (χ3n) is 3.11. The predicted octanol–water partition coefficient (Wildman–Crippen LogP) is 2.40. The maximum absolute atomic E-state index is 12.0. The minimum Gasteiger partial charge on any atom is -0.351 e. The van der Waals surface area contributed by atoms with Gasteiger partial charge >= 0.3 is 0 Å². The molecule has 2 N–H and O–H groups in total. The molecule has 6 heteroatoms. The van der Waals surface area contributed by atoms with Crippen molar-refractivity contribution in [1.82, 2.24) is 20.3 Å². The summed E-state index contributed by atoms with van der Waals surface area (Å²) in [4.78, 5) is 24.5. The first-order valence-corrected chi connectivity index (χ1v) is 7.54. The van der Waals surface area contributed by atoms with E-state index in [2.05, 4.69) is 32.5 Å². The lowest BCUT2D eigenvalue weighted by Crippen LogP contribution is -2.25. The van der Waals surface area contributed by atoms with Crippen LogP contribution in [0.2, 0.25) is 0 Å². The number of hydrogen-bond donors (Lipinski definition) is 2. The van der Waals surface area contributed by atoms with Gasteiger partial charge in [0.2, 0.25) is 5.95 Å². The molecule has 0 aromatic carbocycles. The van der Waals surface area contributed by atoms with Gasteiger partial charge in [0, 0.05) is 18.9 Å². The molecule has 0 fully saturated rings. The lowest BCUT2D eigenvalue weighted by atomic mass is 10.2. The fraction of sp³-hybridized carbons (Fsp3) is 0.375. The van der Waals surface area contributed by atoms with E-state index < -0.39 is 0 Å². The molecule has 0 saturated heterocycles. The van der Waals surface area contributed by atoms with Crippen LogP contribution in [0.3, 0.4) is 0 Å². The van der Waals surface area contributed by atoms with E-state index in [1.54, 1.807) is 18.5 Å². The Labute approximate surface area is 130 Å². The van der Waals surface area contributed by atoms with Gasteiger partial charge in [-0.3, -0.25) is 9.78 Å². The highest BCUT2D eigenvalue weighted by atomic mass is 16.1. The van der Waals surface area contributed by atoms with Crippen molar-refractivity contribution in [3.63, 3.8) is 0 Å². The second-order valence-corrected chi connectivity index (χ2v) is 4.90. The quantitative estimate of drug-likeness (QED) is 0.732. The number of amides is 1. The first kappa shape index (κ1) is 15.9. The van der Waals surface area contributed by atoms with E-state index >= 15 is 0 Å². The van der Waals surface area contributed by atoms with Crippen molar-refractivity contribution in [1.29, 1.82) is 0 Å². The Hall–Kier alpha value is -2.50. The summed E-state index contributed by atoms with van der Waals surface area (Å²) < 4.78 is 0. The zero-order valence-corrected chi connectivity index (χ0v) is 12.7. The molecule has 1 amide bonds. The number of nitrogens with zero attached hydrogens (tertiary/aromatic N) is 3.